The van der Waals surface area contributed by atoms with Gasteiger partial charge >= 0.3 is 5.97 Å². The average Bonchev–Trinajstić information content (AvgIpc) is 2.71. The molecule has 1 unspecified atom stereocenters. The fourth-order valence-corrected chi connectivity index (χ4v) is 1.78. The molecule has 1 aliphatic rings. The van der Waals surface area contributed by atoms with Gasteiger partial charge in [-0.2, -0.15) is 5.10 Å². The van der Waals surface area contributed by atoms with Gasteiger partial charge in [0.2, 0.25) is 0 Å². The van der Waals surface area contributed by atoms with Crippen molar-refractivity contribution in [3.8, 4) is 0 Å². The molecular formula is C10H15N3O3. The molecule has 1 aromatic rings. The third kappa shape index (κ3) is 2.01. The van der Waals surface area contributed by atoms with Gasteiger partial charge in [-0.3, -0.25) is 4.68 Å². The van der Waals surface area contributed by atoms with Crippen molar-refractivity contribution in [1.82, 2.24) is 9.78 Å². The molecular weight excluding hydrogens is 210 g/mol. The zero-order valence-electron chi connectivity index (χ0n) is 9.18. The number of esters is 1. The van der Waals surface area contributed by atoms with Crippen LogP contribution < -0.4 is 5.73 Å². The highest BCUT2D eigenvalue weighted by Gasteiger charge is 2.21. The molecule has 0 radical (unpaired) electrons. The smallest absolute Gasteiger partial charge is 0.360 e. The van der Waals surface area contributed by atoms with E-state index in [9.17, 15) is 4.79 Å². The van der Waals surface area contributed by atoms with E-state index in [0.717, 1.165) is 19.4 Å². The number of hydrogen-bond donors (Lipinski definition) is 1. The second-order valence-electron chi connectivity index (χ2n) is 3.78. The number of nitrogens with two attached hydrogens (primary N) is 1. The van der Waals surface area contributed by atoms with Crippen molar-refractivity contribution < 1.29 is 14.3 Å². The third-order valence-corrected chi connectivity index (χ3v) is 2.65. The number of aromatic nitrogens is 2. The number of ether oxygens (including phenoxy) is 2. The molecule has 88 valence electrons. The van der Waals surface area contributed by atoms with Gasteiger partial charge in [-0.25, -0.2) is 4.79 Å². The van der Waals surface area contributed by atoms with Gasteiger partial charge < -0.3 is 15.2 Å². The number of carbonyl (C=O) groups is 1. The van der Waals surface area contributed by atoms with Crippen LogP contribution in [0.1, 0.15) is 29.4 Å². The van der Waals surface area contributed by atoms with Crippen LogP contribution in [0.15, 0.2) is 6.20 Å². The molecule has 6 nitrogen and oxygen atoms in total. The Balaban J connectivity index is 2.19. The van der Waals surface area contributed by atoms with Crippen LogP contribution in [0.4, 0.5) is 5.69 Å². The SMILES string of the molecule is COC(=O)c1nn(C2CCCOC2)cc1N. The summed E-state index contributed by atoms with van der Waals surface area (Å²) in [7, 11) is 1.31. The first-order valence-electron chi connectivity index (χ1n) is 5.23. The van der Waals surface area contributed by atoms with Crippen LogP contribution in [0, 0.1) is 0 Å². The molecule has 1 saturated heterocycles. The first kappa shape index (κ1) is 10.9. The van der Waals surface area contributed by atoms with E-state index >= 15 is 0 Å². The maximum Gasteiger partial charge on any atom is 0.360 e. The van der Waals surface area contributed by atoms with Crippen LogP contribution in [0.3, 0.4) is 0 Å². The zero-order chi connectivity index (χ0) is 11.5. The predicted molar refractivity (Wildman–Crippen MR) is 57.1 cm³/mol. The van der Waals surface area contributed by atoms with E-state index in [1.54, 1.807) is 10.9 Å². The van der Waals surface area contributed by atoms with E-state index in [4.69, 9.17) is 10.5 Å². The molecule has 6 heteroatoms. The van der Waals surface area contributed by atoms with Crippen LogP contribution in [0.2, 0.25) is 0 Å². The lowest BCUT2D eigenvalue weighted by Gasteiger charge is -2.22. The monoisotopic (exact) mass is 225 g/mol. The topological polar surface area (TPSA) is 79.4 Å². The van der Waals surface area contributed by atoms with Crippen LogP contribution in [0.25, 0.3) is 0 Å². The number of anilines is 1. The Morgan fingerprint density at radius 2 is 2.56 bits per heavy atom. The molecule has 0 spiro atoms. The van der Waals surface area contributed by atoms with Gasteiger partial charge in [0.05, 0.1) is 25.4 Å². The highest BCUT2D eigenvalue weighted by atomic mass is 16.5. The first-order chi connectivity index (χ1) is 7.72. The standard InChI is InChI=1S/C10H15N3O3/c1-15-10(14)9-8(11)5-13(12-9)7-3-2-4-16-6-7/h5,7H,2-4,6,11H2,1H3. The van der Waals surface area contributed by atoms with Crippen LogP contribution in [0.5, 0.6) is 0 Å². The third-order valence-electron chi connectivity index (χ3n) is 2.65. The Bertz CT molecular complexity index is 383. The summed E-state index contributed by atoms with van der Waals surface area (Å²) in [5.41, 5.74) is 6.22. The Hall–Kier alpha value is -1.56. The number of nitrogens with zero attached hydrogens (tertiary/aromatic N) is 2. The molecule has 0 saturated carbocycles. The van der Waals surface area contributed by atoms with Crippen LogP contribution in [-0.4, -0.2) is 36.1 Å². The van der Waals surface area contributed by atoms with Gasteiger partial charge in [0, 0.05) is 12.8 Å². The molecule has 1 aromatic heterocycles. The minimum Gasteiger partial charge on any atom is -0.464 e. The Morgan fingerprint density at radius 1 is 1.75 bits per heavy atom. The molecule has 2 rings (SSSR count). The van der Waals surface area contributed by atoms with E-state index < -0.39 is 5.97 Å². The van der Waals surface area contributed by atoms with Crippen molar-refractivity contribution in [2.45, 2.75) is 18.9 Å². The maximum atomic E-state index is 11.3. The molecule has 0 aliphatic carbocycles. The molecule has 0 bridgehead atoms. The maximum absolute atomic E-state index is 11.3. The average molecular weight is 225 g/mol. The van der Waals surface area contributed by atoms with Crippen molar-refractivity contribution in [3.63, 3.8) is 0 Å². The first-order valence-corrected chi connectivity index (χ1v) is 5.23. The molecule has 16 heavy (non-hydrogen) atoms. The van der Waals surface area contributed by atoms with E-state index in [1.807, 2.05) is 0 Å². The minimum absolute atomic E-state index is 0.162. The molecule has 1 atom stereocenters. The number of carbonyl (C=O) groups excluding carboxylic acids is 1. The summed E-state index contributed by atoms with van der Waals surface area (Å²) in [5, 5.41) is 4.14. The Morgan fingerprint density at radius 3 is 3.19 bits per heavy atom. The van der Waals surface area contributed by atoms with Gasteiger partial charge in [0.15, 0.2) is 5.69 Å². The molecule has 2 heterocycles. The van der Waals surface area contributed by atoms with Crippen LogP contribution >= 0.6 is 0 Å². The molecule has 0 amide bonds. The summed E-state index contributed by atoms with van der Waals surface area (Å²) >= 11 is 0. The zero-order valence-corrected chi connectivity index (χ0v) is 9.18. The van der Waals surface area contributed by atoms with Gasteiger partial charge in [0.25, 0.3) is 0 Å². The summed E-state index contributed by atoms with van der Waals surface area (Å²) in [6.45, 7) is 1.40. The largest absolute Gasteiger partial charge is 0.464 e. The van der Waals surface area contributed by atoms with Gasteiger partial charge in [0.1, 0.15) is 0 Å². The highest BCUT2D eigenvalue weighted by Crippen LogP contribution is 2.21. The fraction of sp³-hybridized carbons (Fsp3) is 0.600. The summed E-state index contributed by atoms with van der Waals surface area (Å²) in [6, 6.07) is 0.162. The number of hydrogen-bond acceptors (Lipinski definition) is 5. The fourth-order valence-electron chi connectivity index (χ4n) is 1.78. The van der Waals surface area contributed by atoms with Crippen molar-refractivity contribution in [1.29, 1.82) is 0 Å². The van der Waals surface area contributed by atoms with E-state index in [1.165, 1.54) is 7.11 Å². The summed E-state index contributed by atoms with van der Waals surface area (Å²) in [5.74, 6) is -0.507. The second kappa shape index (κ2) is 4.52. The van der Waals surface area contributed by atoms with E-state index in [0.29, 0.717) is 12.3 Å². The normalized spacial score (nSPS) is 20.7. The lowest BCUT2D eigenvalue weighted by molar-refractivity contribution is 0.0527. The van der Waals surface area contributed by atoms with E-state index in [2.05, 4.69) is 9.84 Å². The van der Waals surface area contributed by atoms with Gasteiger partial charge in [-0.15, -0.1) is 0 Å². The van der Waals surface area contributed by atoms with Gasteiger partial charge in [-0.1, -0.05) is 0 Å². The number of methoxy groups -OCH3 is 1. The number of rotatable bonds is 2. The quantitative estimate of drug-likeness (QED) is 0.746. The number of nitrogen functional groups attached to an aromatic ring is 1. The summed E-state index contributed by atoms with van der Waals surface area (Å²) in [6.07, 6.45) is 3.64. The summed E-state index contributed by atoms with van der Waals surface area (Å²) in [4.78, 5) is 11.3. The molecule has 1 aliphatic heterocycles. The molecule has 1 fully saturated rings. The lowest BCUT2D eigenvalue weighted by atomic mass is 10.1. The molecule has 0 aromatic carbocycles. The van der Waals surface area contributed by atoms with E-state index in [-0.39, 0.29) is 11.7 Å². The highest BCUT2D eigenvalue weighted by molar-refractivity contribution is 5.92. The van der Waals surface area contributed by atoms with Gasteiger partial charge in [-0.05, 0) is 12.8 Å². The van der Waals surface area contributed by atoms with Crippen LogP contribution in [-0.2, 0) is 9.47 Å². The van der Waals surface area contributed by atoms with Crippen molar-refractivity contribution >= 4 is 11.7 Å². The predicted octanol–water partition coefficient (Wildman–Crippen LogP) is 0.603. The minimum atomic E-state index is -0.507. The summed E-state index contributed by atoms with van der Waals surface area (Å²) < 4.78 is 11.6. The van der Waals surface area contributed by atoms with Crippen molar-refractivity contribution in [2.24, 2.45) is 0 Å². The Labute approximate surface area is 93.3 Å². The Kier molecular flexibility index (Phi) is 3.09. The molecule has 2 N–H and O–H groups in total. The van der Waals surface area contributed by atoms with Crippen molar-refractivity contribution in [3.05, 3.63) is 11.9 Å². The second-order valence-corrected chi connectivity index (χ2v) is 3.78. The lowest BCUT2D eigenvalue weighted by Crippen LogP contribution is -2.22. The van der Waals surface area contributed by atoms with Crippen molar-refractivity contribution in [2.75, 3.05) is 26.1 Å².